The predicted octanol–water partition coefficient (Wildman–Crippen LogP) is 1.04. The summed E-state index contributed by atoms with van der Waals surface area (Å²) in [5.41, 5.74) is 2.07. The Morgan fingerprint density at radius 1 is 1.05 bits per heavy atom. The van der Waals surface area contributed by atoms with Crippen molar-refractivity contribution in [3.8, 4) is 0 Å². The van der Waals surface area contributed by atoms with E-state index in [1.807, 2.05) is 0 Å². The van der Waals surface area contributed by atoms with Crippen LogP contribution >= 0.6 is 0 Å². The number of nitrogens with zero attached hydrogens (tertiary/aromatic N) is 5. The lowest BCUT2D eigenvalue weighted by molar-refractivity contribution is 0.151. The first-order valence-corrected chi connectivity index (χ1v) is 8.02. The summed E-state index contributed by atoms with van der Waals surface area (Å²) >= 11 is 0. The second-order valence-corrected chi connectivity index (χ2v) is 5.89. The first kappa shape index (κ1) is 16.1. The molecule has 1 aliphatic heterocycles. The zero-order valence-corrected chi connectivity index (χ0v) is 13.8. The number of hydrogen-bond acceptors (Lipinski definition) is 6. The number of piperazine rings is 1. The Hall–Kier alpha value is -1.27. The zero-order valence-electron chi connectivity index (χ0n) is 13.8. The van der Waals surface area contributed by atoms with Gasteiger partial charge in [-0.1, -0.05) is 13.8 Å². The molecule has 1 aromatic heterocycles. The van der Waals surface area contributed by atoms with Crippen molar-refractivity contribution < 1.29 is 0 Å². The van der Waals surface area contributed by atoms with Gasteiger partial charge in [-0.15, -0.1) is 5.10 Å². The van der Waals surface area contributed by atoms with Gasteiger partial charge < -0.3 is 10.2 Å². The van der Waals surface area contributed by atoms with Crippen LogP contribution in [-0.4, -0.2) is 70.8 Å². The van der Waals surface area contributed by atoms with Crippen molar-refractivity contribution in [2.45, 2.75) is 39.7 Å². The van der Waals surface area contributed by atoms with Gasteiger partial charge in [-0.3, -0.25) is 4.90 Å². The Balaban J connectivity index is 1.88. The fourth-order valence-electron chi connectivity index (χ4n) is 2.68. The molecule has 0 saturated carbocycles. The molecule has 1 N–H and O–H groups in total. The topological polar surface area (TPSA) is 57.2 Å². The second kappa shape index (κ2) is 7.66. The monoisotopic (exact) mass is 292 g/mol. The molecule has 118 valence electrons. The number of nitrogens with one attached hydrogen (secondary N) is 1. The third-order valence-corrected chi connectivity index (χ3v) is 4.01. The molecule has 0 spiro atoms. The molecular weight excluding hydrogens is 264 g/mol. The van der Waals surface area contributed by atoms with Gasteiger partial charge in [-0.25, -0.2) is 4.98 Å². The van der Waals surface area contributed by atoms with E-state index in [1.165, 1.54) is 0 Å². The number of hydrogen-bond donors (Lipinski definition) is 1. The lowest BCUT2D eigenvalue weighted by atomic mass is 10.2. The second-order valence-electron chi connectivity index (χ2n) is 5.89. The van der Waals surface area contributed by atoms with Gasteiger partial charge in [-0.05, 0) is 26.8 Å². The Bertz CT molecular complexity index is 442. The molecule has 1 saturated heterocycles. The molecule has 0 radical (unpaired) electrons. The molecule has 21 heavy (non-hydrogen) atoms. The summed E-state index contributed by atoms with van der Waals surface area (Å²) in [6, 6.07) is 0.326. The van der Waals surface area contributed by atoms with E-state index in [0.717, 1.165) is 57.0 Å². The maximum atomic E-state index is 4.60. The largest absolute Gasteiger partial charge is 0.349 e. The van der Waals surface area contributed by atoms with Crippen LogP contribution in [0, 0.1) is 0 Å². The fourth-order valence-corrected chi connectivity index (χ4v) is 2.68. The molecule has 1 unspecified atom stereocenters. The molecule has 2 rings (SSSR count). The molecule has 1 aromatic rings. The maximum Gasteiger partial charge on any atom is 0.243 e. The highest BCUT2D eigenvalue weighted by molar-refractivity contribution is 5.27. The predicted molar refractivity (Wildman–Crippen MR) is 85.6 cm³/mol. The highest BCUT2D eigenvalue weighted by atomic mass is 15.3. The molecule has 2 heterocycles. The average Bonchev–Trinajstić information content (AvgIpc) is 2.49. The van der Waals surface area contributed by atoms with Crippen LogP contribution in [0.1, 0.15) is 32.2 Å². The van der Waals surface area contributed by atoms with Crippen molar-refractivity contribution in [3.63, 3.8) is 0 Å². The van der Waals surface area contributed by atoms with Gasteiger partial charge in [0.15, 0.2) is 0 Å². The molecule has 1 fully saturated rings. The molecule has 1 aliphatic rings. The Morgan fingerprint density at radius 3 is 2.33 bits per heavy atom. The van der Waals surface area contributed by atoms with Gasteiger partial charge >= 0.3 is 0 Å². The maximum absolute atomic E-state index is 4.60. The van der Waals surface area contributed by atoms with E-state index in [9.17, 15) is 0 Å². The number of anilines is 1. The van der Waals surface area contributed by atoms with Gasteiger partial charge in [0.25, 0.3) is 0 Å². The van der Waals surface area contributed by atoms with Crippen LogP contribution in [0.15, 0.2) is 0 Å². The SMILES string of the molecule is CCc1nnc(NC(C)CN2CCN(C)CC2)nc1CC. The zero-order chi connectivity index (χ0) is 15.2. The van der Waals surface area contributed by atoms with Crippen molar-refractivity contribution in [1.29, 1.82) is 0 Å². The highest BCUT2D eigenvalue weighted by Crippen LogP contribution is 2.08. The summed E-state index contributed by atoms with van der Waals surface area (Å²) < 4.78 is 0. The van der Waals surface area contributed by atoms with Crippen LogP contribution in [0.25, 0.3) is 0 Å². The van der Waals surface area contributed by atoms with E-state index in [-0.39, 0.29) is 0 Å². The minimum absolute atomic E-state index is 0.326. The van der Waals surface area contributed by atoms with Crippen molar-refractivity contribution in [2.24, 2.45) is 0 Å². The molecular formula is C15H28N6. The van der Waals surface area contributed by atoms with Gasteiger partial charge in [0.05, 0.1) is 11.4 Å². The quantitative estimate of drug-likeness (QED) is 0.845. The Morgan fingerprint density at radius 2 is 1.71 bits per heavy atom. The Labute approximate surface area is 128 Å². The van der Waals surface area contributed by atoms with E-state index in [0.29, 0.717) is 12.0 Å². The first-order chi connectivity index (χ1) is 10.1. The summed E-state index contributed by atoms with van der Waals surface area (Å²) in [6.07, 6.45) is 1.79. The van der Waals surface area contributed by atoms with Gasteiger partial charge in [0, 0.05) is 38.8 Å². The first-order valence-electron chi connectivity index (χ1n) is 8.02. The lowest BCUT2D eigenvalue weighted by Crippen LogP contribution is -2.47. The molecule has 6 heteroatoms. The summed E-state index contributed by atoms with van der Waals surface area (Å²) in [5, 5.41) is 11.9. The summed E-state index contributed by atoms with van der Waals surface area (Å²) in [6.45, 7) is 12.0. The van der Waals surface area contributed by atoms with Crippen LogP contribution in [0.5, 0.6) is 0 Å². The van der Waals surface area contributed by atoms with E-state index in [1.54, 1.807) is 0 Å². The van der Waals surface area contributed by atoms with Gasteiger partial charge in [-0.2, -0.15) is 5.10 Å². The molecule has 0 amide bonds. The summed E-state index contributed by atoms with van der Waals surface area (Å²) in [5.74, 6) is 0.658. The lowest BCUT2D eigenvalue weighted by Gasteiger charge is -2.34. The third-order valence-electron chi connectivity index (χ3n) is 4.01. The minimum atomic E-state index is 0.326. The van der Waals surface area contributed by atoms with Gasteiger partial charge in [0.1, 0.15) is 0 Å². The molecule has 0 aliphatic carbocycles. The summed E-state index contributed by atoms with van der Waals surface area (Å²) in [4.78, 5) is 9.46. The highest BCUT2D eigenvalue weighted by Gasteiger charge is 2.16. The number of aromatic nitrogens is 3. The van der Waals surface area contributed by atoms with Crippen LogP contribution < -0.4 is 5.32 Å². The van der Waals surface area contributed by atoms with Crippen molar-refractivity contribution in [3.05, 3.63) is 11.4 Å². The van der Waals surface area contributed by atoms with Crippen molar-refractivity contribution in [2.75, 3.05) is 45.1 Å². The summed E-state index contributed by atoms with van der Waals surface area (Å²) in [7, 11) is 2.18. The number of aryl methyl sites for hydroxylation is 2. The standard InChI is InChI=1S/C15H28N6/c1-5-13-14(6-2)18-19-15(17-13)16-12(3)11-21-9-7-20(4)8-10-21/h12H,5-11H2,1-4H3,(H,16,17,19). The molecule has 0 bridgehead atoms. The number of likely N-dealkylation sites (N-methyl/N-ethyl adjacent to an activating group) is 1. The molecule has 6 nitrogen and oxygen atoms in total. The van der Waals surface area contributed by atoms with Crippen molar-refractivity contribution >= 4 is 5.95 Å². The van der Waals surface area contributed by atoms with E-state index < -0.39 is 0 Å². The van der Waals surface area contributed by atoms with Crippen LogP contribution in [0.2, 0.25) is 0 Å². The average molecular weight is 292 g/mol. The van der Waals surface area contributed by atoms with Gasteiger partial charge in [0.2, 0.25) is 5.95 Å². The molecule has 0 aromatic carbocycles. The van der Waals surface area contributed by atoms with Crippen molar-refractivity contribution in [1.82, 2.24) is 25.0 Å². The normalized spacial score (nSPS) is 18.7. The third kappa shape index (κ3) is 4.61. The molecule has 1 atom stereocenters. The number of rotatable bonds is 6. The van der Waals surface area contributed by atoms with Crippen LogP contribution in [0.4, 0.5) is 5.95 Å². The van der Waals surface area contributed by atoms with E-state index in [2.05, 4.69) is 58.1 Å². The van der Waals surface area contributed by atoms with E-state index >= 15 is 0 Å². The van der Waals surface area contributed by atoms with Crippen LogP contribution in [0.3, 0.4) is 0 Å². The fraction of sp³-hybridized carbons (Fsp3) is 0.800. The Kier molecular flexibility index (Phi) is 5.87. The van der Waals surface area contributed by atoms with Crippen LogP contribution in [-0.2, 0) is 12.8 Å². The van der Waals surface area contributed by atoms with E-state index in [4.69, 9.17) is 0 Å². The smallest absolute Gasteiger partial charge is 0.243 e. The minimum Gasteiger partial charge on any atom is -0.349 e.